The molecule has 1 aliphatic heterocycles. The van der Waals surface area contributed by atoms with Crippen LogP contribution in [-0.4, -0.2) is 16.7 Å². The van der Waals surface area contributed by atoms with E-state index in [0.29, 0.717) is 11.7 Å². The van der Waals surface area contributed by atoms with Crippen LogP contribution in [0.4, 0.5) is 0 Å². The maximum atomic E-state index is 5.57. The summed E-state index contributed by atoms with van der Waals surface area (Å²) >= 11 is 0. The number of rotatable bonds is 3. The third kappa shape index (κ3) is 2.65. The number of hydrogen-bond donors (Lipinski definition) is 2. The maximum Gasteiger partial charge on any atom is 0.233 e. The van der Waals surface area contributed by atoms with Crippen molar-refractivity contribution >= 4 is 0 Å². The molecule has 2 heterocycles. The Kier molecular flexibility index (Phi) is 3.65. The van der Waals surface area contributed by atoms with Crippen molar-refractivity contribution in [3.8, 4) is 11.4 Å². The van der Waals surface area contributed by atoms with Crippen LogP contribution in [0.25, 0.3) is 11.4 Å². The Morgan fingerprint density at radius 1 is 1.04 bits per heavy atom. The molecule has 23 heavy (non-hydrogen) atoms. The minimum Gasteiger partial charge on any atom is -0.339 e. The van der Waals surface area contributed by atoms with Gasteiger partial charge in [-0.2, -0.15) is 4.98 Å². The molecule has 1 aromatic heterocycles. The minimum absolute atomic E-state index is 0.114. The number of nitrogens with one attached hydrogen (secondary N) is 2. The van der Waals surface area contributed by atoms with Gasteiger partial charge < -0.3 is 4.52 Å². The number of hydrazine groups is 1. The van der Waals surface area contributed by atoms with E-state index >= 15 is 0 Å². The highest BCUT2D eigenvalue weighted by molar-refractivity contribution is 5.59. The summed E-state index contributed by atoms with van der Waals surface area (Å²) in [6, 6.07) is 18.5. The number of benzene rings is 2. The van der Waals surface area contributed by atoms with Crippen molar-refractivity contribution in [2.24, 2.45) is 0 Å². The first kappa shape index (κ1) is 14.1. The molecule has 0 saturated carbocycles. The van der Waals surface area contributed by atoms with Crippen LogP contribution in [-0.2, 0) is 0 Å². The lowest BCUT2D eigenvalue weighted by Crippen LogP contribution is -2.24. The van der Waals surface area contributed by atoms with Crippen LogP contribution in [0.15, 0.2) is 59.1 Å². The molecular weight excluding hydrogens is 288 g/mol. The smallest absolute Gasteiger partial charge is 0.233 e. The number of nitrogens with zero attached hydrogens (tertiary/aromatic N) is 2. The van der Waals surface area contributed by atoms with Crippen LogP contribution in [0.5, 0.6) is 0 Å². The number of aryl methyl sites for hydroxylation is 1. The van der Waals surface area contributed by atoms with Gasteiger partial charge in [0.15, 0.2) is 0 Å². The van der Waals surface area contributed by atoms with Crippen LogP contribution in [0.1, 0.15) is 29.0 Å². The summed E-state index contributed by atoms with van der Waals surface area (Å²) in [6.45, 7) is 2.81. The first-order chi connectivity index (χ1) is 11.3. The topological polar surface area (TPSA) is 63.0 Å². The van der Waals surface area contributed by atoms with Gasteiger partial charge >= 0.3 is 0 Å². The molecule has 116 valence electrons. The summed E-state index contributed by atoms with van der Waals surface area (Å²) in [5, 5.41) is 4.18. The van der Waals surface area contributed by atoms with Crippen LogP contribution in [0.2, 0.25) is 0 Å². The van der Waals surface area contributed by atoms with Crippen LogP contribution >= 0.6 is 0 Å². The van der Waals surface area contributed by atoms with E-state index in [1.165, 1.54) is 5.56 Å². The van der Waals surface area contributed by atoms with Gasteiger partial charge in [0.2, 0.25) is 11.7 Å². The second-order valence-corrected chi connectivity index (χ2v) is 5.79. The zero-order valence-corrected chi connectivity index (χ0v) is 12.9. The SMILES string of the molecule is Cc1ccccc1-c1noc(C2CNNC2c2ccccc2)n1. The Morgan fingerprint density at radius 3 is 2.65 bits per heavy atom. The van der Waals surface area contributed by atoms with Crippen molar-refractivity contribution in [1.82, 2.24) is 21.0 Å². The van der Waals surface area contributed by atoms with Gasteiger partial charge in [0.1, 0.15) is 0 Å². The van der Waals surface area contributed by atoms with E-state index in [0.717, 1.165) is 17.7 Å². The lowest BCUT2D eigenvalue weighted by atomic mass is 9.95. The monoisotopic (exact) mass is 306 g/mol. The van der Waals surface area contributed by atoms with E-state index < -0.39 is 0 Å². The van der Waals surface area contributed by atoms with Crippen molar-refractivity contribution in [2.45, 2.75) is 18.9 Å². The van der Waals surface area contributed by atoms with Gasteiger partial charge in [-0.15, -0.1) is 0 Å². The molecule has 3 aromatic rings. The molecule has 0 spiro atoms. The lowest BCUT2D eigenvalue weighted by Gasteiger charge is -2.15. The van der Waals surface area contributed by atoms with Gasteiger partial charge in [0.05, 0.1) is 12.0 Å². The lowest BCUT2D eigenvalue weighted by molar-refractivity contribution is 0.347. The van der Waals surface area contributed by atoms with E-state index in [2.05, 4.69) is 46.1 Å². The normalized spacial score (nSPS) is 20.7. The van der Waals surface area contributed by atoms with Crippen molar-refractivity contribution in [3.63, 3.8) is 0 Å². The second-order valence-electron chi connectivity index (χ2n) is 5.79. The fraction of sp³-hybridized carbons (Fsp3) is 0.222. The average Bonchev–Trinajstić information content (AvgIpc) is 3.25. The van der Waals surface area contributed by atoms with Crippen molar-refractivity contribution in [3.05, 3.63) is 71.6 Å². The molecule has 5 nitrogen and oxygen atoms in total. The fourth-order valence-electron chi connectivity index (χ4n) is 3.02. The number of hydrogen-bond acceptors (Lipinski definition) is 5. The Morgan fingerprint density at radius 2 is 1.83 bits per heavy atom. The summed E-state index contributed by atoms with van der Waals surface area (Å²) in [5.74, 6) is 1.43. The fourth-order valence-corrected chi connectivity index (χ4v) is 3.02. The molecule has 2 atom stereocenters. The molecule has 0 aliphatic carbocycles. The molecule has 1 aliphatic rings. The van der Waals surface area contributed by atoms with Gasteiger partial charge in [-0.3, -0.25) is 5.43 Å². The summed E-state index contributed by atoms with van der Waals surface area (Å²) in [4.78, 5) is 4.64. The first-order valence-corrected chi connectivity index (χ1v) is 7.76. The van der Waals surface area contributed by atoms with Gasteiger partial charge in [-0.05, 0) is 18.1 Å². The number of aromatic nitrogens is 2. The first-order valence-electron chi connectivity index (χ1n) is 7.76. The molecule has 4 rings (SSSR count). The van der Waals surface area contributed by atoms with Gasteiger partial charge in [-0.1, -0.05) is 59.8 Å². The van der Waals surface area contributed by atoms with Gasteiger partial charge in [0.25, 0.3) is 0 Å². The predicted octanol–water partition coefficient (Wildman–Crippen LogP) is 2.98. The summed E-state index contributed by atoms with van der Waals surface area (Å²) in [7, 11) is 0. The van der Waals surface area contributed by atoms with E-state index in [1.54, 1.807) is 0 Å². The van der Waals surface area contributed by atoms with Crippen molar-refractivity contribution in [1.29, 1.82) is 0 Å². The third-order valence-corrected chi connectivity index (χ3v) is 4.29. The largest absolute Gasteiger partial charge is 0.339 e. The minimum atomic E-state index is 0.114. The van der Waals surface area contributed by atoms with E-state index in [-0.39, 0.29) is 12.0 Å². The summed E-state index contributed by atoms with van der Waals surface area (Å²) in [6.07, 6.45) is 0. The standard InChI is InChI=1S/C18H18N4O/c1-12-7-5-6-10-14(12)17-20-18(23-22-17)15-11-19-21-16(15)13-8-3-2-4-9-13/h2-10,15-16,19,21H,11H2,1H3. The summed E-state index contributed by atoms with van der Waals surface area (Å²) in [5.41, 5.74) is 9.87. The molecule has 0 bridgehead atoms. The molecule has 1 saturated heterocycles. The molecule has 2 unspecified atom stereocenters. The molecule has 2 aromatic carbocycles. The second kappa shape index (κ2) is 5.95. The zero-order valence-electron chi connectivity index (χ0n) is 12.9. The van der Waals surface area contributed by atoms with Crippen LogP contribution in [0, 0.1) is 6.92 Å². The Hall–Kier alpha value is -2.50. The Labute approximate surface area is 134 Å². The zero-order chi connectivity index (χ0) is 15.6. The molecule has 5 heteroatoms. The molecular formula is C18H18N4O. The van der Waals surface area contributed by atoms with Crippen molar-refractivity contribution in [2.75, 3.05) is 6.54 Å². The van der Waals surface area contributed by atoms with Crippen LogP contribution < -0.4 is 10.9 Å². The maximum absolute atomic E-state index is 5.57. The van der Waals surface area contributed by atoms with E-state index in [4.69, 9.17) is 4.52 Å². The predicted molar refractivity (Wildman–Crippen MR) is 87.5 cm³/mol. The van der Waals surface area contributed by atoms with Gasteiger partial charge in [-0.25, -0.2) is 5.43 Å². The molecule has 0 radical (unpaired) electrons. The van der Waals surface area contributed by atoms with Gasteiger partial charge in [0, 0.05) is 12.1 Å². The molecule has 1 fully saturated rings. The molecule has 0 amide bonds. The third-order valence-electron chi connectivity index (χ3n) is 4.29. The quantitative estimate of drug-likeness (QED) is 0.779. The Bertz CT molecular complexity index is 800. The highest BCUT2D eigenvalue weighted by atomic mass is 16.5. The highest BCUT2D eigenvalue weighted by Gasteiger charge is 2.34. The van der Waals surface area contributed by atoms with E-state index in [1.807, 2.05) is 36.4 Å². The average molecular weight is 306 g/mol. The summed E-state index contributed by atoms with van der Waals surface area (Å²) < 4.78 is 5.57. The van der Waals surface area contributed by atoms with Crippen LogP contribution in [0.3, 0.4) is 0 Å². The highest BCUT2D eigenvalue weighted by Crippen LogP contribution is 2.33. The molecule has 2 N–H and O–H groups in total. The Balaban J connectivity index is 1.65. The van der Waals surface area contributed by atoms with E-state index in [9.17, 15) is 0 Å². The van der Waals surface area contributed by atoms with Crippen molar-refractivity contribution < 1.29 is 4.52 Å².